The number of esters is 1. The van der Waals surface area contributed by atoms with Crippen LogP contribution in [0.2, 0.25) is 0 Å². The summed E-state index contributed by atoms with van der Waals surface area (Å²) in [5.41, 5.74) is 2.29. The Morgan fingerprint density at radius 3 is 1.40 bits per heavy atom. The van der Waals surface area contributed by atoms with Crippen LogP contribution in [0.25, 0.3) is 21.8 Å². The first-order valence-electron chi connectivity index (χ1n) is 30.3. The predicted molar refractivity (Wildman–Crippen MR) is 339 cm³/mol. The van der Waals surface area contributed by atoms with Crippen molar-refractivity contribution in [2.24, 2.45) is 35.5 Å². The standard InChI is InChI=1S/C34H38F3N3O7.C25H32ClN3O5.C9H10O2/c1-18(2)13-21(15-27(41)26-16-22-24(39-26)9-6-10-29(22)46-4)32(44)40-25(14-20-11-12-38-31(20)43)28(42)17-47-33(45)30-19(3)7-5-8-23(30)34(35,36)37;1-14(2)9-16(11-21(30)20-12-17-18(28-20)5-4-6-23(17)34-3)25(33)29-19(22(31)13-26)10-15-7-8-27-24(15)32;1-6-4-3-5-7(2)8(6)9(10)11/h5-10,16,18,20-21,25,39H,11-15,17H2,1-4H3,(H,38,43)(H,40,44);4-6,12,14-16,19,28H,7-11,13H2,1-3H3,(H,27,32)(H,29,33);3-5H,1-2H3,(H,10,11)/t20-,21+,25-;15-,16+,19-;/m00./s1. The van der Waals surface area contributed by atoms with E-state index in [1.165, 1.54) is 20.1 Å². The number of carboxylic acids is 1. The number of aromatic nitrogens is 2. The van der Waals surface area contributed by atoms with Gasteiger partial charge >= 0.3 is 18.1 Å². The van der Waals surface area contributed by atoms with E-state index in [1.807, 2.05) is 52.0 Å². The van der Waals surface area contributed by atoms with Gasteiger partial charge in [0.15, 0.2) is 29.7 Å². The number of Topliss-reactive ketones (excluding diaryl/α,β-unsaturated/α-hetero) is 4. The van der Waals surface area contributed by atoms with Crippen molar-refractivity contribution in [1.82, 2.24) is 31.2 Å². The number of carboxylic acid groups (broad SMARTS) is 1. The Morgan fingerprint density at radius 1 is 0.620 bits per heavy atom. The fourth-order valence-electron chi connectivity index (χ4n) is 11.4. The second-order valence-corrected chi connectivity index (χ2v) is 24.2. The SMILES string of the molecule is COc1cccc2[nH]c(C(=O)C[C@@H](CC(C)C)C(=O)N[C@@H](C[C@@H]3CCNC3=O)C(=O)CCl)cc12.COc1cccc2[nH]c(C(=O)C[C@@H](CC(C)C)C(=O)N[C@@H](C[C@@H]3CCNC3=O)C(=O)COC(=O)c3c(C)cccc3C(F)(F)F)cc12.Cc1cccc(C)c1C(=O)O. The number of hydrogen-bond donors (Lipinski definition) is 7. The first-order chi connectivity index (χ1) is 43.5. The second kappa shape index (κ2) is 32.9. The molecule has 20 nitrogen and oxygen atoms in total. The molecule has 6 atom stereocenters. The number of carbonyl (C=O) groups is 10. The van der Waals surface area contributed by atoms with E-state index in [1.54, 1.807) is 63.4 Å². The number of ketones is 4. The molecule has 0 aliphatic carbocycles. The topological polar surface area (TPSA) is 298 Å². The van der Waals surface area contributed by atoms with Crippen molar-refractivity contribution in [2.45, 2.75) is 118 Å². The molecule has 494 valence electrons. The smallest absolute Gasteiger partial charge is 0.417 e. The normalized spacial score (nSPS) is 15.8. The molecule has 0 spiro atoms. The Morgan fingerprint density at radius 2 is 1.03 bits per heavy atom. The van der Waals surface area contributed by atoms with E-state index in [2.05, 4.69) is 31.2 Å². The van der Waals surface area contributed by atoms with Crippen molar-refractivity contribution in [3.05, 3.63) is 130 Å². The summed E-state index contributed by atoms with van der Waals surface area (Å²) in [7, 11) is 3.09. The summed E-state index contributed by atoms with van der Waals surface area (Å²) in [6, 6.07) is 20.7. The largest absolute Gasteiger partial charge is 0.496 e. The van der Waals surface area contributed by atoms with Crippen LogP contribution >= 0.6 is 11.6 Å². The maximum Gasteiger partial charge on any atom is 0.417 e. The van der Waals surface area contributed by atoms with Gasteiger partial charge in [-0.1, -0.05) is 70.2 Å². The van der Waals surface area contributed by atoms with Crippen molar-refractivity contribution >= 4 is 92.1 Å². The average molecular weight is 1300 g/mol. The van der Waals surface area contributed by atoms with Gasteiger partial charge in [-0.15, -0.1) is 11.6 Å². The summed E-state index contributed by atoms with van der Waals surface area (Å²) in [5.74, 6) is -6.61. The highest BCUT2D eigenvalue weighted by Crippen LogP contribution is 2.35. The summed E-state index contributed by atoms with van der Waals surface area (Å²) in [6.45, 7) is 12.6. The molecule has 2 fully saturated rings. The minimum absolute atomic E-state index is 0.00554. The average Bonchev–Trinajstić information content (AvgIpc) is 1.29. The number of aryl methyl sites for hydroxylation is 3. The quantitative estimate of drug-likeness (QED) is 0.0143. The van der Waals surface area contributed by atoms with Crippen molar-refractivity contribution < 1.29 is 80.4 Å². The van der Waals surface area contributed by atoms with E-state index in [4.69, 9.17) is 30.9 Å². The molecule has 0 unspecified atom stereocenters. The molecule has 2 aliphatic rings. The van der Waals surface area contributed by atoms with Crippen molar-refractivity contribution in [3.8, 4) is 11.5 Å². The third kappa shape index (κ3) is 19.3. The summed E-state index contributed by atoms with van der Waals surface area (Å²) in [6.07, 6.45) is -3.16. The van der Waals surface area contributed by atoms with Gasteiger partial charge in [-0.25, -0.2) is 9.59 Å². The van der Waals surface area contributed by atoms with Gasteiger partial charge < -0.3 is 50.6 Å². The van der Waals surface area contributed by atoms with Crippen LogP contribution in [-0.4, -0.2) is 126 Å². The predicted octanol–water partition coefficient (Wildman–Crippen LogP) is 10.4. The minimum atomic E-state index is -4.83. The van der Waals surface area contributed by atoms with Gasteiger partial charge in [-0.05, 0) is 130 Å². The van der Waals surface area contributed by atoms with Crippen LogP contribution in [0.3, 0.4) is 0 Å². The summed E-state index contributed by atoms with van der Waals surface area (Å²) < 4.78 is 56.5. The van der Waals surface area contributed by atoms with Crippen LogP contribution in [-0.2, 0) is 39.7 Å². The van der Waals surface area contributed by atoms with Crippen molar-refractivity contribution in [2.75, 3.05) is 39.8 Å². The molecule has 0 bridgehead atoms. The number of rotatable bonds is 27. The molecule has 24 heteroatoms. The first kappa shape index (κ1) is 72.2. The lowest BCUT2D eigenvalue weighted by molar-refractivity contribution is -0.138. The lowest BCUT2D eigenvalue weighted by atomic mass is 9.89. The Hall–Kier alpha value is -8.86. The summed E-state index contributed by atoms with van der Waals surface area (Å²) in [4.78, 5) is 133. The van der Waals surface area contributed by atoms with E-state index in [9.17, 15) is 61.1 Å². The molecular weight excluding hydrogens is 1220 g/mol. The highest BCUT2D eigenvalue weighted by Gasteiger charge is 2.39. The third-order valence-corrected chi connectivity index (χ3v) is 16.4. The van der Waals surface area contributed by atoms with Crippen LogP contribution in [0.1, 0.15) is 143 Å². The number of fused-ring (bicyclic) bond motifs is 2. The van der Waals surface area contributed by atoms with Gasteiger partial charge in [0.05, 0.1) is 60.3 Å². The molecule has 2 aliphatic heterocycles. The van der Waals surface area contributed by atoms with Crippen LogP contribution in [0.15, 0.2) is 84.9 Å². The zero-order chi connectivity index (χ0) is 67.7. The van der Waals surface area contributed by atoms with E-state index < -0.39 is 77.4 Å². The van der Waals surface area contributed by atoms with Crippen LogP contribution in [0.5, 0.6) is 11.5 Å². The van der Waals surface area contributed by atoms with Gasteiger partial charge in [0.2, 0.25) is 23.6 Å². The lowest BCUT2D eigenvalue weighted by Crippen LogP contribution is -2.47. The van der Waals surface area contributed by atoms with E-state index in [0.717, 1.165) is 34.2 Å². The molecule has 0 radical (unpaired) electrons. The lowest BCUT2D eigenvalue weighted by Gasteiger charge is -2.24. The molecule has 4 heterocycles. The number of methoxy groups -OCH3 is 2. The molecular formula is C68H80ClF3N6O14. The number of benzene rings is 4. The molecule has 4 aromatic carbocycles. The molecule has 2 saturated heterocycles. The molecule has 6 aromatic rings. The molecule has 0 saturated carbocycles. The van der Waals surface area contributed by atoms with E-state index >= 15 is 0 Å². The van der Waals surface area contributed by atoms with Crippen LogP contribution in [0, 0.1) is 56.3 Å². The maximum atomic E-state index is 13.7. The van der Waals surface area contributed by atoms with Gasteiger partial charge in [0, 0.05) is 71.4 Å². The number of H-pyrrole nitrogens is 2. The van der Waals surface area contributed by atoms with Gasteiger partial charge in [-0.3, -0.25) is 38.4 Å². The number of aromatic amines is 2. The number of amides is 4. The van der Waals surface area contributed by atoms with Gasteiger partial charge in [-0.2, -0.15) is 13.2 Å². The highest BCUT2D eigenvalue weighted by molar-refractivity contribution is 6.28. The maximum absolute atomic E-state index is 13.7. The van der Waals surface area contributed by atoms with Crippen molar-refractivity contribution in [3.63, 3.8) is 0 Å². The highest BCUT2D eigenvalue weighted by atomic mass is 35.5. The summed E-state index contributed by atoms with van der Waals surface area (Å²) in [5, 5.41) is 21.1. The number of carbonyl (C=O) groups excluding carboxylic acids is 9. The molecule has 8 rings (SSSR count). The number of alkyl halides is 4. The Kier molecular flexibility index (Phi) is 25.8. The second-order valence-electron chi connectivity index (χ2n) is 24.0. The Labute approximate surface area is 536 Å². The molecule has 7 N–H and O–H groups in total. The summed E-state index contributed by atoms with van der Waals surface area (Å²) >= 11 is 5.77. The van der Waals surface area contributed by atoms with Crippen LogP contribution < -0.4 is 30.7 Å². The van der Waals surface area contributed by atoms with E-state index in [-0.39, 0.29) is 95.6 Å². The van der Waals surface area contributed by atoms with Crippen molar-refractivity contribution in [1.29, 1.82) is 0 Å². The number of hydrogen-bond acceptors (Lipinski definition) is 13. The number of halogens is 4. The number of aromatic carboxylic acids is 1. The number of ether oxygens (including phenoxy) is 3. The Balaban J connectivity index is 0.000000259. The Bertz CT molecular complexity index is 3670. The fourth-order valence-corrected chi connectivity index (χ4v) is 11.6. The first-order valence-corrected chi connectivity index (χ1v) is 30.9. The monoisotopic (exact) mass is 1300 g/mol. The van der Waals surface area contributed by atoms with E-state index in [0.29, 0.717) is 72.4 Å². The zero-order valence-electron chi connectivity index (χ0n) is 53.0. The van der Waals surface area contributed by atoms with Crippen LogP contribution in [0.4, 0.5) is 13.2 Å². The van der Waals surface area contributed by atoms with Gasteiger partial charge in [0.1, 0.15) is 11.5 Å². The molecule has 92 heavy (non-hydrogen) atoms. The molecule has 2 aromatic heterocycles. The van der Waals surface area contributed by atoms with Gasteiger partial charge in [0.25, 0.3) is 0 Å². The minimum Gasteiger partial charge on any atom is -0.496 e. The number of nitrogens with one attached hydrogen (secondary N) is 6. The third-order valence-electron chi connectivity index (χ3n) is 16.1. The zero-order valence-corrected chi connectivity index (χ0v) is 53.7. The fraction of sp³-hybridized carbons (Fsp3) is 0.441. The molecule has 4 amide bonds.